The number of carbonyl (C=O) groups excluding carboxylic acids is 2. The highest BCUT2D eigenvalue weighted by molar-refractivity contribution is 7.92. The normalized spacial score (nSPS) is 12.1. The monoisotopic (exact) mass is 587 g/mol. The Bertz CT molecular complexity index is 1450. The molecule has 0 saturated carbocycles. The predicted molar refractivity (Wildman–Crippen MR) is 156 cm³/mol. The summed E-state index contributed by atoms with van der Waals surface area (Å²) in [5, 5.41) is 3.10. The number of hydrogen-bond donors (Lipinski definition) is 1. The zero-order valence-electron chi connectivity index (χ0n) is 23.2. The third-order valence-corrected chi connectivity index (χ3v) is 8.63. The molecule has 1 N–H and O–H groups in total. The van der Waals surface area contributed by atoms with Gasteiger partial charge in [0, 0.05) is 23.7 Å². The fourth-order valence-electron chi connectivity index (χ4n) is 4.13. The first-order valence-electron chi connectivity index (χ1n) is 13.1. The highest BCUT2D eigenvalue weighted by Gasteiger charge is 2.33. The van der Waals surface area contributed by atoms with E-state index in [2.05, 4.69) is 5.32 Å². The van der Waals surface area contributed by atoms with Gasteiger partial charge in [-0.3, -0.25) is 13.9 Å². The van der Waals surface area contributed by atoms with Gasteiger partial charge >= 0.3 is 0 Å². The third-order valence-electron chi connectivity index (χ3n) is 6.62. The Hall–Kier alpha value is -3.43. The number of anilines is 1. The number of rotatable bonds is 12. The van der Waals surface area contributed by atoms with Gasteiger partial charge in [-0.05, 0) is 63.1 Å². The Kier molecular flexibility index (Phi) is 10.7. The molecule has 0 bridgehead atoms. The molecule has 0 aliphatic heterocycles. The van der Waals surface area contributed by atoms with Gasteiger partial charge in [0.15, 0.2) is 0 Å². The summed E-state index contributed by atoms with van der Waals surface area (Å²) in [4.78, 5) is 28.1. The van der Waals surface area contributed by atoms with Crippen LogP contribution in [-0.4, -0.2) is 44.3 Å². The molecule has 214 valence electrons. The summed E-state index contributed by atoms with van der Waals surface area (Å²) >= 11 is 6.24. The topological polar surface area (TPSA) is 86.8 Å². The van der Waals surface area contributed by atoms with E-state index >= 15 is 0 Å². The van der Waals surface area contributed by atoms with Crippen LogP contribution in [0.2, 0.25) is 5.02 Å². The first-order chi connectivity index (χ1) is 18.9. The Labute approximate surface area is 241 Å². The molecule has 0 aliphatic carbocycles. The molecule has 0 radical (unpaired) electrons. The maximum absolute atomic E-state index is 14.6. The number of sulfonamides is 1. The molecule has 10 heteroatoms. The van der Waals surface area contributed by atoms with Gasteiger partial charge in [-0.2, -0.15) is 0 Å². The van der Waals surface area contributed by atoms with Crippen molar-refractivity contribution < 1.29 is 22.4 Å². The summed E-state index contributed by atoms with van der Waals surface area (Å²) in [5.41, 5.74) is 1.89. The smallest absolute Gasteiger partial charge is 0.264 e. The van der Waals surface area contributed by atoms with E-state index in [0.29, 0.717) is 17.1 Å². The summed E-state index contributed by atoms with van der Waals surface area (Å²) in [6, 6.07) is 16.0. The van der Waals surface area contributed by atoms with Crippen molar-refractivity contribution in [3.63, 3.8) is 0 Å². The fraction of sp³-hybridized carbons (Fsp3) is 0.333. The van der Waals surface area contributed by atoms with E-state index in [1.807, 2.05) is 13.8 Å². The zero-order valence-corrected chi connectivity index (χ0v) is 24.7. The van der Waals surface area contributed by atoms with Crippen molar-refractivity contribution in [1.29, 1.82) is 0 Å². The number of hydrogen-bond acceptors (Lipinski definition) is 4. The van der Waals surface area contributed by atoms with E-state index in [4.69, 9.17) is 11.6 Å². The summed E-state index contributed by atoms with van der Waals surface area (Å²) in [5.74, 6) is -1.62. The van der Waals surface area contributed by atoms with Crippen molar-refractivity contribution in [3.05, 3.63) is 94.3 Å². The second-order valence-corrected chi connectivity index (χ2v) is 12.0. The lowest BCUT2D eigenvalue weighted by Gasteiger charge is -2.32. The molecule has 1 atom stereocenters. The van der Waals surface area contributed by atoms with Crippen molar-refractivity contribution in [1.82, 2.24) is 10.2 Å². The molecule has 0 fully saturated rings. The summed E-state index contributed by atoms with van der Waals surface area (Å²) in [6.45, 7) is 6.67. The summed E-state index contributed by atoms with van der Waals surface area (Å²) < 4.78 is 43.5. The van der Waals surface area contributed by atoms with Crippen molar-refractivity contribution in [2.24, 2.45) is 0 Å². The molecule has 0 spiro atoms. The molecule has 7 nitrogen and oxygen atoms in total. The predicted octanol–water partition coefficient (Wildman–Crippen LogP) is 5.62. The van der Waals surface area contributed by atoms with E-state index < -0.39 is 40.2 Å². The molecule has 3 aromatic carbocycles. The minimum Gasteiger partial charge on any atom is -0.354 e. The van der Waals surface area contributed by atoms with Gasteiger partial charge in [0.25, 0.3) is 10.0 Å². The van der Waals surface area contributed by atoms with Crippen molar-refractivity contribution >= 4 is 39.1 Å². The van der Waals surface area contributed by atoms with Gasteiger partial charge in [0.1, 0.15) is 18.4 Å². The molecular formula is C30H35ClFN3O4S. The number of amides is 2. The number of benzene rings is 3. The minimum atomic E-state index is -4.23. The van der Waals surface area contributed by atoms with Crippen LogP contribution in [-0.2, 0) is 26.2 Å². The standard InChI is InChI=1S/C30H35ClFN3O4S/c1-5-6-17-33-30(37)23(4)34(19-24-9-7-8-10-27(24)32)29(36)20-35(28-18-25(31)14-13-22(28)3)40(38,39)26-15-11-21(2)12-16-26/h7-16,18,23H,5-6,17,19-20H2,1-4H3,(H,33,37). The molecule has 0 heterocycles. The van der Waals surface area contributed by atoms with Gasteiger partial charge in [0.2, 0.25) is 11.8 Å². The molecule has 0 aromatic heterocycles. The fourth-order valence-corrected chi connectivity index (χ4v) is 5.77. The Morgan fingerprint density at radius 2 is 1.70 bits per heavy atom. The third kappa shape index (κ3) is 7.61. The van der Waals surface area contributed by atoms with Crippen LogP contribution in [0.25, 0.3) is 0 Å². The highest BCUT2D eigenvalue weighted by Crippen LogP contribution is 2.30. The first-order valence-corrected chi connectivity index (χ1v) is 14.9. The number of aryl methyl sites for hydroxylation is 2. The van der Waals surface area contributed by atoms with E-state index in [1.54, 1.807) is 44.2 Å². The number of nitrogens with one attached hydrogen (secondary N) is 1. The van der Waals surface area contributed by atoms with Crippen LogP contribution in [0.15, 0.2) is 71.6 Å². The van der Waals surface area contributed by atoms with Crippen LogP contribution < -0.4 is 9.62 Å². The van der Waals surface area contributed by atoms with Gasteiger partial charge in [-0.1, -0.05) is 66.9 Å². The SMILES string of the molecule is CCCCNC(=O)C(C)N(Cc1ccccc1F)C(=O)CN(c1cc(Cl)ccc1C)S(=O)(=O)c1ccc(C)cc1. The molecule has 0 saturated heterocycles. The van der Waals surface area contributed by atoms with Gasteiger partial charge < -0.3 is 10.2 Å². The van der Waals surface area contributed by atoms with Crippen LogP contribution in [0.1, 0.15) is 43.4 Å². The summed E-state index contributed by atoms with van der Waals surface area (Å²) in [7, 11) is -4.23. The maximum Gasteiger partial charge on any atom is 0.264 e. The van der Waals surface area contributed by atoms with Gasteiger partial charge in [-0.15, -0.1) is 0 Å². The van der Waals surface area contributed by atoms with E-state index in [9.17, 15) is 22.4 Å². The molecule has 3 rings (SSSR count). The second-order valence-electron chi connectivity index (χ2n) is 9.69. The molecular weight excluding hydrogens is 553 g/mol. The number of unbranched alkanes of at least 4 members (excludes halogenated alkanes) is 1. The summed E-state index contributed by atoms with van der Waals surface area (Å²) in [6.07, 6.45) is 1.63. The Balaban J connectivity index is 2.05. The molecule has 3 aromatic rings. The molecule has 40 heavy (non-hydrogen) atoms. The quantitative estimate of drug-likeness (QED) is 0.279. The largest absolute Gasteiger partial charge is 0.354 e. The van der Waals surface area contributed by atoms with Crippen LogP contribution >= 0.6 is 11.6 Å². The number of carbonyl (C=O) groups is 2. The maximum atomic E-state index is 14.6. The van der Waals surface area contributed by atoms with Crippen LogP contribution in [0.5, 0.6) is 0 Å². The molecule has 2 amide bonds. The lowest BCUT2D eigenvalue weighted by molar-refractivity contribution is -0.139. The number of halogens is 2. The average Bonchev–Trinajstić information content (AvgIpc) is 2.92. The van der Waals surface area contributed by atoms with Crippen molar-refractivity contribution in [2.75, 3.05) is 17.4 Å². The zero-order chi connectivity index (χ0) is 29.4. The number of nitrogens with zero attached hydrogens (tertiary/aromatic N) is 2. The minimum absolute atomic E-state index is 0.00344. The van der Waals surface area contributed by atoms with E-state index in [-0.39, 0.29) is 22.7 Å². The van der Waals surface area contributed by atoms with Crippen LogP contribution in [0, 0.1) is 19.7 Å². The van der Waals surface area contributed by atoms with Gasteiger partial charge in [-0.25, -0.2) is 12.8 Å². The molecule has 1 unspecified atom stereocenters. The van der Waals surface area contributed by atoms with Crippen LogP contribution in [0.3, 0.4) is 0 Å². The van der Waals surface area contributed by atoms with Gasteiger partial charge in [0.05, 0.1) is 10.6 Å². The van der Waals surface area contributed by atoms with E-state index in [1.165, 1.54) is 41.3 Å². The van der Waals surface area contributed by atoms with Crippen molar-refractivity contribution in [3.8, 4) is 0 Å². The first kappa shape index (κ1) is 31.1. The second kappa shape index (κ2) is 13.8. The highest BCUT2D eigenvalue weighted by atomic mass is 35.5. The lowest BCUT2D eigenvalue weighted by Crippen LogP contribution is -2.51. The van der Waals surface area contributed by atoms with E-state index in [0.717, 1.165) is 22.7 Å². The molecule has 0 aliphatic rings. The Morgan fingerprint density at radius 1 is 1.02 bits per heavy atom. The average molecular weight is 588 g/mol. The Morgan fingerprint density at radius 3 is 2.35 bits per heavy atom. The van der Waals surface area contributed by atoms with Crippen LogP contribution in [0.4, 0.5) is 10.1 Å². The van der Waals surface area contributed by atoms with Crippen molar-refractivity contribution in [2.45, 2.75) is 58.0 Å². The lowest BCUT2D eigenvalue weighted by atomic mass is 10.1.